The molecule has 28 rings (SSSR count). The minimum Gasteiger partial charge on any atom is -0.494 e. The van der Waals surface area contributed by atoms with E-state index < -0.39 is 193 Å². The number of carboxylic acid groups (broad SMARTS) is 8. The van der Waals surface area contributed by atoms with Gasteiger partial charge in [0.1, 0.15) is 82.8 Å². The number of carbonyl (C=O) groups excluding carboxylic acids is 10. The number of aliphatic carboxylic acids is 8. The van der Waals surface area contributed by atoms with Gasteiger partial charge in [-0.15, -0.1) is 0 Å². The molecule has 20 bridgehead atoms. The van der Waals surface area contributed by atoms with Crippen molar-refractivity contribution in [3.63, 3.8) is 0 Å². The predicted molar refractivity (Wildman–Crippen MR) is 488 cm³/mol. The lowest BCUT2D eigenvalue weighted by molar-refractivity contribution is -0.141. The van der Waals surface area contributed by atoms with Crippen LogP contribution in [0, 0.1) is 0 Å². The lowest BCUT2D eigenvalue weighted by atomic mass is 9.85. The van der Waals surface area contributed by atoms with Crippen molar-refractivity contribution in [3.8, 4) is 34.5 Å². The second kappa shape index (κ2) is 47.4. The van der Waals surface area contributed by atoms with Gasteiger partial charge in [-0.05, 0) is 142 Å². The molecule has 10 amide bonds. The van der Waals surface area contributed by atoms with Crippen LogP contribution in [0.1, 0.15) is 67.1 Å². The van der Waals surface area contributed by atoms with Crippen LogP contribution in [0.4, 0.5) is 0 Å². The fourth-order valence-electron chi connectivity index (χ4n) is 13.0. The Balaban J connectivity index is 0.000000255. The molecule has 696 valence electrons. The Labute approximate surface area is 778 Å². The summed E-state index contributed by atoms with van der Waals surface area (Å²) < 4.78 is 33.9. The third-order valence-electron chi connectivity index (χ3n) is 19.6. The van der Waals surface area contributed by atoms with Crippen molar-refractivity contribution >= 4 is 236 Å². The first-order valence-electron chi connectivity index (χ1n) is 39.5. The third-order valence-corrected chi connectivity index (χ3v) is 29.3. The van der Waals surface area contributed by atoms with Crippen LogP contribution < -0.4 is 60.3 Å². The minimum absolute atomic E-state index is 0.0726. The van der Waals surface area contributed by atoms with Crippen LogP contribution in [-0.4, -0.2) is 291 Å². The smallest absolute Gasteiger partial charge is 0.327 e. The number of benzene rings is 8. The van der Waals surface area contributed by atoms with Gasteiger partial charge in [-0.25, -0.2) is 38.4 Å². The average Bonchev–Trinajstić information content (AvgIpc) is 0.705. The zero-order valence-corrected chi connectivity index (χ0v) is 75.1. The SMILES string of the molecule is O=C1CCCOc2ccc3cc(ccc3c2)OCCCC(=O)N[C@H](C(=O)O)CSSC[C@@H](C(=O)O)N2C(=O)c3ccc4c5c(ccc(c35)C2=O)C(=O)N(C4=O)[C@H](C(=O)O)CSSC[C@@H](C(=O)O)N1.O=C1COc2ccc3cc(ccc3c2)OCC(=O)N[C@H](C(=O)O)CSSC[C@@H](C(=O)O)NC(=O)COc2ccc3cc(ccc3c2)OCC(=O)N[C@H](C(=O)O)CSSC[C@@H](C(=O)O)N1. The monoisotopic (exact) mass is 1970 g/mol. The molecule has 14 N–H and O–H groups in total. The number of nitrogens with one attached hydrogen (secondary N) is 6. The molecule has 20 aliphatic rings. The summed E-state index contributed by atoms with van der Waals surface area (Å²) in [5.74, 6) is -19.1. The van der Waals surface area contributed by atoms with E-state index in [9.17, 15) is 127 Å². The highest BCUT2D eigenvalue weighted by Crippen LogP contribution is 2.41. The topological polar surface area (TPSA) is 603 Å². The third kappa shape index (κ3) is 27.2. The molecule has 20 aliphatic heterocycles. The Bertz CT molecular complexity index is 5280. The largest absolute Gasteiger partial charge is 0.494 e. The lowest BCUT2D eigenvalue weighted by Crippen LogP contribution is -2.53. The zero-order valence-electron chi connectivity index (χ0n) is 68.6. The summed E-state index contributed by atoms with van der Waals surface area (Å²) in [7, 11) is 7.43. The molecular weight excluding hydrogens is 1890 g/mol. The fourth-order valence-corrected chi connectivity index (χ4v) is 22.3. The molecule has 0 radical (unpaired) electrons. The van der Waals surface area contributed by atoms with Crippen LogP contribution in [0.3, 0.4) is 0 Å². The van der Waals surface area contributed by atoms with E-state index in [1.165, 1.54) is 24.3 Å². The maximum atomic E-state index is 14.0. The van der Waals surface area contributed by atoms with Gasteiger partial charge in [-0.2, -0.15) is 0 Å². The van der Waals surface area contributed by atoms with Crippen molar-refractivity contribution in [2.45, 2.75) is 74.0 Å². The molecular formula is C84H80N8O32S8. The van der Waals surface area contributed by atoms with Crippen LogP contribution in [0.2, 0.25) is 0 Å². The Morgan fingerprint density at radius 3 is 0.659 bits per heavy atom. The van der Waals surface area contributed by atoms with E-state index in [2.05, 4.69) is 31.9 Å². The summed E-state index contributed by atoms with van der Waals surface area (Å²) in [6.07, 6.45) is 0.339. The maximum Gasteiger partial charge on any atom is 0.327 e. The summed E-state index contributed by atoms with van der Waals surface area (Å²) in [6.45, 7) is -1.83. The quantitative estimate of drug-likeness (QED) is 0.0587. The van der Waals surface area contributed by atoms with Crippen molar-refractivity contribution < 1.29 is 156 Å². The summed E-state index contributed by atoms with van der Waals surface area (Å²) in [5, 5.41) is 97.3. The van der Waals surface area contributed by atoms with Crippen molar-refractivity contribution in [3.05, 3.63) is 156 Å². The average molecular weight is 1970 g/mol. The zero-order chi connectivity index (χ0) is 95.0. The number of nitrogens with zero attached hydrogens (tertiary/aromatic N) is 2. The van der Waals surface area contributed by atoms with Gasteiger partial charge in [0, 0.05) is 91.9 Å². The van der Waals surface area contributed by atoms with Crippen LogP contribution in [0.15, 0.2) is 133 Å². The van der Waals surface area contributed by atoms with Gasteiger partial charge in [0.2, 0.25) is 11.8 Å². The molecule has 0 aliphatic carbocycles. The number of carbonyl (C=O) groups is 18. The second-order valence-corrected chi connectivity index (χ2v) is 39.0. The van der Waals surface area contributed by atoms with Crippen molar-refractivity contribution in [1.82, 2.24) is 41.7 Å². The molecule has 0 unspecified atom stereocenters. The molecule has 48 heteroatoms. The normalized spacial score (nSPS) is 21.3. The van der Waals surface area contributed by atoms with E-state index in [1.807, 2.05) is 0 Å². The number of rotatable bonds is 8. The number of imide groups is 2. The molecule has 132 heavy (non-hydrogen) atoms. The Morgan fingerprint density at radius 1 is 0.258 bits per heavy atom. The molecule has 0 spiro atoms. The fraction of sp³-hybridized carbons (Fsp3) is 0.310. The van der Waals surface area contributed by atoms with E-state index in [0.717, 1.165) is 97.1 Å². The highest BCUT2D eigenvalue weighted by Gasteiger charge is 2.47. The van der Waals surface area contributed by atoms with Gasteiger partial charge in [-0.1, -0.05) is 123 Å². The number of hydrogen-bond acceptors (Lipinski definition) is 32. The van der Waals surface area contributed by atoms with E-state index >= 15 is 0 Å². The first-order valence-corrected chi connectivity index (χ1v) is 49.4. The molecule has 40 nitrogen and oxygen atoms in total. The molecule has 8 aromatic carbocycles. The highest BCUT2D eigenvalue weighted by molar-refractivity contribution is 8.77. The van der Waals surface area contributed by atoms with Gasteiger partial charge in [0.25, 0.3) is 47.3 Å². The molecule has 0 aromatic heterocycles. The first kappa shape index (κ1) is 99.8. The van der Waals surface area contributed by atoms with Crippen LogP contribution >= 0.6 is 86.4 Å². The van der Waals surface area contributed by atoms with Crippen LogP contribution in [-0.2, 0) is 67.1 Å². The van der Waals surface area contributed by atoms with E-state index in [0.29, 0.717) is 42.8 Å². The summed E-state index contributed by atoms with van der Waals surface area (Å²) in [4.78, 5) is 230. The molecule has 0 fully saturated rings. The van der Waals surface area contributed by atoms with Crippen LogP contribution in [0.25, 0.3) is 43.1 Å². The van der Waals surface area contributed by atoms with Gasteiger partial charge >= 0.3 is 47.8 Å². The number of carboxylic acids is 8. The number of hydrogen-bond donors (Lipinski definition) is 14. The van der Waals surface area contributed by atoms with Gasteiger partial charge in [0.15, 0.2) is 26.4 Å². The Hall–Kier alpha value is -12.7. The second-order valence-electron chi connectivity index (χ2n) is 28.8. The van der Waals surface area contributed by atoms with Gasteiger partial charge < -0.3 is 101 Å². The van der Waals surface area contributed by atoms with Crippen molar-refractivity contribution in [2.75, 3.05) is 85.7 Å². The predicted octanol–water partition coefficient (Wildman–Crippen LogP) is 6.29. The first-order chi connectivity index (χ1) is 63.2. The summed E-state index contributed by atoms with van der Waals surface area (Å²) in [5.41, 5.74) is -0.827. The Morgan fingerprint density at radius 2 is 0.455 bits per heavy atom. The molecule has 8 aromatic rings. The standard InChI is InChI=1S/C44H40N4O16S4.C40H40N4O16S4/c49-33-3-1-13-63-23-7-5-22-16-24(8-6-21(22)15-23)64-14-2-4-34(50)46-30(42(57)58)18-66-68-20-32(44(61)62)48-39(53)27-11-9-25-35-26(10-12-28(36(27)35)40(48)54)38(52)47(37(25)51)31(43(59)60)19-67-65-17-29(45-33)41(55)56;45-33-13-57-25-5-1-21-9-26(6-2-22(21)10-25)58-14-34(46)42-30(38(51)52)18-62-64-20-32(40(55)56)44-36(48)16-60-28-8-4-23-11-27(7-3-24(23)12-28)59-15-35(47)43-31(39(53)54)19-63-61-17-29(41-33)37(49)50/h5-12,15-16,29-32H,1-4,13-14,17-20H2,(H,45,49)(H,46,50)(H,55,56)(H,57,58)(H,59,60)(H,61,62);1-12,29-32H,13-20H2,(H,41,45)(H,42,46)(H,43,47)(H,44,48)(H,49,50)(H,51,52)(H,53,54)(H,55,56)/t2*29-,30-,31-,32-/m00/s1. The van der Waals surface area contributed by atoms with Crippen LogP contribution in [0.5, 0.6) is 34.5 Å². The molecule has 20 heterocycles. The van der Waals surface area contributed by atoms with Crippen molar-refractivity contribution in [2.24, 2.45) is 0 Å². The molecule has 0 saturated heterocycles. The number of amides is 10. The van der Waals surface area contributed by atoms with Gasteiger partial charge in [0.05, 0.1) is 13.2 Å². The molecule has 0 saturated carbocycles. The van der Waals surface area contributed by atoms with Crippen molar-refractivity contribution in [1.29, 1.82) is 0 Å². The highest BCUT2D eigenvalue weighted by atomic mass is 33.1. The molecule has 8 atom stereocenters. The van der Waals surface area contributed by atoms with Gasteiger partial charge in [-0.3, -0.25) is 57.7 Å². The number of ether oxygens (including phenoxy) is 6. The summed E-state index contributed by atoms with van der Waals surface area (Å²) in [6, 6.07) is 23.0. The van der Waals surface area contributed by atoms with E-state index in [-0.39, 0.29) is 129 Å². The minimum atomic E-state index is -1.77. The Kier molecular flexibility index (Phi) is 35.8. The lowest BCUT2D eigenvalue weighted by Gasteiger charge is -2.35. The summed E-state index contributed by atoms with van der Waals surface area (Å²) >= 11 is 0. The maximum absolute atomic E-state index is 14.0. The van der Waals surface area contributed by atoms with E-state index in [1.54, 1.807) is 109 Å². The van der Waals surface area contributed by atoms with E-state index in [4.69, 9.17) is 28.4 Å².